The van der Waals surface area contributed by atoms with Gasteiger partial charge in [0.1, 0.15) is 5.82 Å². The summed E-state index contributed by atoms with van der Waals surface area (Å²) in [6.45, 7) is 3.01. The lowest BCUT2D eigenvalue weighted by atomic mass is 10.2. The Labute approximate surface area is 99.9 Å². The summed E-state index contributed by atoms with van der Waals surface area (Å²) in [6, 6.07) is 4.05. The molecule has 0 aromatic heterocycles. The van der Waals surface area contributed by atoms with Gasteiger partial charge in [-0.1, -0.05) is 6.92 Å². The number of carboxylic acids is 1. The molecule has 0 spiro atoms. The van der Waals surface area contributed by atoms with Crippen molar-refractivity contribution in [3.8, 4) is 0 Å². The summed E-state index contributed by atoms with van der Waals surface area (Å²) in [6.07, 6.45) is 1.19. The van der Waals surface area contributed by atoms with E-state index >= 15 is 0 Å². The van der Waals surface area contributed by atoms with Crippen LogP contribution in [0.4, 0.5) is 10.1 Å². The third kappa shape index (κ3) is 2.57. The lowest BCUT2D eigenvalue weighted by molar-refractivity contribution is 0.0696. The lowest BCUT2D eigenvalue weighted by Crippen LogP contribution is -2.21. The first kappa shape index (κ1) is 11.9. The van der Waals surface area contributed by atoms with E-state index in [1.54, 1.807) is 0 Å². The molecular weight excluding hydrogens is 221 g/mol. The molecule has 0 saturated heterocycles. The number of benzene rings is 1. The van der Waals surface area contributed by atoms with Gasteiger partial charge < -0.3 is 10.0 Å². The molecule has 0 heterocycles. The summed E-state index contributed by atoms with van der Waals surface area (Å²) in [7, 11) is 1.84. The van der Waals surface area contributed by atoms with E-state index < -0.39 is 11.8 Å². The molecule has 2 atom stereocenters. The fraction of sp³-hybridized carbons (Fsp3) is 0.462. The van der Waals surface area contributed by atoms with Gasteiger partial charge in [0.15, 0.2) is 0 Å². The van der Waals surface area contributed by atoms with Crippen molar-refractivity contribution >= 4 is 11.7 Å². The van der Waals surface area contributed by atoms with Crippen molar-refractivity contribution in [2.45, 2.75) is 13.3 Å². The topological polar surface area (TPSA) is 40.5 Å². The summed E-state index contributed by atoms with van der Waals surface area (Å²) < 4.78 is 13.7. The van der Waals surface area contributed by atoms with Gasteiger partial charge >= 0.3 is 5.97 Å². The Morgan fingerprint density at radius 2 is 2.24 bits per heavy atom. The van der Waals surface area contributed by atoms with Gasteiger partial charge in [0, 0.05) is 13.6 Å². The van der Waals surface area contributed by atoms with Crippen LogP contribution in [0, 0.1) is 17.7 Å². The number of carboxylic acid groups (broad SMARTS) is 1. The minimum atomic E-state index is -1.10. The molecule has 4 heteroatoms. The van der Waals surface area contributed by atoms with Crippen LogP contribution in [0.1, 0.15) is 23.7 Å². The van der Waals surface area contributed by atoms with Crippen LogP contribution in [0.5, 0.6) is 0 Å². The van der Waals surface area contributed by atoms with Gasteiger partial charge in [0.25, 0.3) is 0 Å². The van der Waals surface area contributed by atoms with E-state index in [0.29, 0.717) is 11.6 Å². The molecule has 1 aromatic carbocycles. The van der Waals surface area contributed by atoms with E-state index in [4.69, 9.17) is 5.11 Å². The van der Waals surface area contributed by atoms with E-state index in [0.717, 1.165) is 18.5 Å². The van der Waals surface area contributed by atoms with Crippen molar-refractivity contribution in [2.24, 2.45) is 11.8 Å². The van der Waals surface area contributed by atoms with Crippen molar-refractivity contribution in [1.29, 1.82) is 0 Å². The second-order valence-electron chi connectivity index (χ2n) is 4.82. The van der Waals surface area contributed by atoms with Gasteiger partial charge in [-0.2, -0.15) is 0 Å². The quantitative estimate of drug-likeness (QED) is 0.875. The van der Waals surface area contributed by atoms with Crippen molar-refractivity contribution < 1.29 is 14.3 Å². The molecule has 3 nitrogen and oxygen atoms in total. The van der Waals surface area contributed by atoms with Gasteiger partial charge in [-0.25, -0.2) is 9.18 Å². The Balaban J connectivity index is 2.12. The highest BCUT2D eigenvalue weighted by atomic mass is 19.1. The van der Waals surface area contributed by atoms with Crippen molar-refractivity contribution in [2.75, 3.05) is 18.5 Å². The highest BCUT2D eigenvalue weighted by Crippen LogP contribution is 2.38. The lowest BCUT2D eigenvalue weighted by Gasteiger charge is -2.20. The summed E-state index contributed by atoms with van der Waals surface area (Å²) in [5.74, 6) is -0.216. The van der Waals surface area contributed by atoms with Crippen LogP contribution in [0.3, 0.4) is 0 Å². The SMILES string of the molecule is CC1CC1CN(C)c1ccc(C(=O)O)cc1F. The molecule has 1 fully saturated rings. The molecule has 92 valence electrons. The Morgan fingerprint density at radius 1 is 1.59 bits per heavy atom. The minimum Gasteiger partial charge on any atom is -0.478 e. The van der Waals surface area contributed by atoms with Gasteiger partial charge in [-0.05, 0) is 36.5 Å². The smallest absolute Gasteiger partial charge is 0.335 e. The first-order valence-electron chi connectivity index (χ1n) is 5.73. The fourth-order valence-corrected chi connectivity index (χ4v) is 2.05. The Hall–Kier alpha value is -1.58. The molecule has 2 rings (SSSR count). The predicted molar refractivity (Wildman–Crippen MR) is 63.9 cm³/mol. The Bertz CT molecular complexity index is 447. The summed E-state index contributed by atoms with van der Waals surface area (Å²) in [5.41, 5.74) is 0.452. The fourth-order valence-electron chi connectivity index (χ4n) is 2.05. The van der Waals surface area contributed by atoms with E-state index in [-0.39, 0.29) is 5.56 Å². The molecule has 0 aliphatic heterocycles. The number of halogens is 1. The number of hydrogen-bond donors (Lipinski definition) is 1. The maximum Gasteiger partial charge on any atom is 0.335 e. The van der Waals surface area contributed by atoms with Crippen LogP contribution >= 0.6 is 0 Å². The van der Waals surface area contributed by atoms with Gasteiger partial charge in [-0.15, -0.1) is 0 Å². The first-order valence-corrected chi connectivity index (χ1v) is 5.73. The van der Waals surface area contributed by atoms with Crippen molar-refractivity contribution in [3.05, 3.63) is 29.6 Å². The number of anilines is 1. The summed E-state index contributed by atoms with van der Waals surface area (Å²) >= 11 is 0. The van der Waals surface area contributed by atoms with Crippen LogP contribution in [0.2, 0.25) is 0 Å². The average Bonchev–Trinajstić information content (AvgIpc) is 2.93. The largest absolute Gasteiger partial charge is 0.478 e. The normalized spacial score (nSPS) is 22.3. The zero-order valence-corrected chi connectivity index (χ0v) is 9.98. The number of hydrogen-bond acceptors (Lipinski definition) is 2. The molecule has 0 radical (unpaired) electrons. The standard InChI is InChI=1S/C13H16FNO2/c1-8-5-10(8)7-15(2)12-4-3-9(13(16)17)6-11(12)14/h3-4,6,8,10H,5,7H2,1-2H3,(H,16,17). The second kappa shape index (κ2) is 4.35. The van der Waals surface area contributed by atoms with Crippen LogP contribution in [-0.2, 0) is 0 Å². The summed E-state index contributed by atoms with van der Waals surface area (Å²) in [5, 5.41) is 8.75. The molecule has 1 N–H and O–H groups in total. The number of carbonyl (C=O) groups is 1. The second-order valence-corrected chi connectivity index (χ2v) is 4.82. The van der Waals surface area contributed by atoms with E-state index in [9.17, 15) is 9.18 Å². The summed E-state index contributed by atoms with van der Waals surface area (Å²) in [4.78, 5) is 12.5. The van der Waals surface area contributed by atoms with Crippen LogP contribution in [0.25, 0.3) is 0 Å². The molecule has 2 unspecified atom stereocenters. The highest BCUT2D eigenvalue weighted by molar-refractivity contribution is 5.88. The molecular formula is C13H16FNO2. The molecule has 17 heavy (non-hydrogen) atoms. The van der Waals surface area contributed by atoms with Gasteiger partial charge in [0.2, 0.25) is 0 Å². The number of aromatic carboxylic acids is 1. The Morgan fingerprint density at radius 3 is 2.71 bits per heavy atom. The molecule has 1 aliphatic carbocycles. The average molecular weight is 237 g/mol. The third-order valence-electron chi connectivity index (χ3n) is 3.39. The molecule has 1 aromatic rings. The molecule has 0 amide bonds. The van der Waals surface area contributed by atoms with E-state index in [1.165, 1.54) is 18.6 Å². The monoisotopic (exact) mass is 237 g/mol. The first-order chi connectivity index (χ1) is 7.99. The number of rotatable bonds is 4. The van der Waals surface area contributed by atoms with E-state index in [1.807, 2.05) is 11.9 Å². The van der Waals surface area contributed by atoms with Crippen LogP contribution in [0.15, 0.2) is 18.2 Å². The maximum atomic E-state index is 13.7. The zero-order chi connectivity index (χ0) is 12.6. The maximum absolute atomic E-state index is 13.7. The molecule has 0 bridgehead atoms. The van der Waals surface area contributed by atoms with E-state index in [2.05, 4.69) is 6.92 Å². The van der Waals surface area contributed by atoms with Crippen molar-refractivity contribution in [1.82, 2.24) is 0 Å². The highest BCUT2D eigenvalue weighted by Gasteiger charge is 2.33. The van der Waals surface area contributed by atoms with Gasteiger partial charge in [0.05, 0.1) is 11.3 Å². The van der Waals surface area contributed by atoms with Crippen LogP contribution < -0.4 is 4.90 Å². The Kier molecular flexibility index (Phi) is 3.05. The zero-order valence-electron chi connectivity index (χ0n) is 9.98. The van der Waals surface area contributed by atoms with Crippen LogP contribution in [-0.4, -0.2) is 24.7 Å². The minimum absolute atomic E-state index is 0.0144. The molecule has 1 aliphatic rings. The number of nitrogens with zero attached hydrogens (tertiary/aromatic N) is 1. The van der Waals surface area contributed by atoms with Gasteiger partial charge in [-0.3, -0.25) is 0 Å². The third-order valence-corrected chi connectivity index (χ3v) is 3.39. The van der Waals surface area contributed by atoms with Crippen molar-refractivity contribution in [3.63, 3.8) is 0 Å². The molecule has 1 saturated carbocycles. The predicted octanol–water partition coefficient (Wildman–Crippen LogP) is 2.62.